The summed E-state index contributed by atoms with van der Waals surface area (Å²) in [6.45, 7) is 16.3. The van der Waals surface area contributed by atoms with Crippen LogP contribution in [-0.4, -0.2) is 103 Å². The minimum atomic E-state index is -2.13. The Labute approximate surface area is 292 Å². The molecular weight excluding hydrogens is 641 g/mol. The summed E-state index contributed by atoms with van der Waals surface area (Å²) in [5.74, 6) is -0.506. The first-order valence-corrected chi connectivity index (χ1v) is 20.6. The number of rotatable bonds is 11. The highest BCUT2D eigenvalue weighted by atomic mass is 28.3. The van der Waals surface area contributed by atoms with E-state index in [0.717, 1.165) is 16.7 Å². The molecule has 0 radical (unpaired) electrons. The first kappa shape index (κ1) is 37.9. The first-order chi connectivity index (χ1) is 22.8. The summed E-state index contributed by atoms with van der Waals surface area (Å²) < 4.78 is 10.8. The Morgan fingerprint density at radius 1 is 1.04 bits per heavy atom. The molecule has 4 rings (SSSR count). The van der Waals surface area contributed by atoms with E-state index in [1.54, 1.807) is 28.9 Å². The fourth-order valence-electron chi connectivity index (χ4n) is 7.47. The number of Topliss-reactive ketones (excluding diaryl/α,β-unsaturated/α-hetero) is 1. The minimum absolute atomic E-state index is 0.122. The molecule has 0 aromatic heterocycles. The van der Waals surface area contributed by atoms with E-state index in [1.807, 2.05) is 64.2 Å². The number of anilines is 1. The molecular formula is C37H54N4O7Si. The van der Waals surface area contributed by atoms with E-state index in [0.29, 0.717) is 62.4 Å². The van der Waals surface area contributed by atoms with Gasteiger partial charge in [0.1, 0.15) is 11.4 Å². The van der Waals surface area contributed by atoms with Crippen LogP contribution in [-0.2, 0) is 22.6 Å². The Morgan fingerprint density at radius 3 is 2.24 bits per heavy atom. The molecule has 0 spiro atoms. The highest BCUT2D eigenvalue weighted by molar-refractivity contribution is 6.79. The summed E-state index contributed by atoms with van der Waals surface area (Å²) in [7, 11) is 3.15. The minimum Gasteiger partial charge on any atom is -0.497 e. The highest BCUT2D eigenvalue weighted by Crippen LogP contribution is 2.49. The fraction of sp³-hybridized carbons (Fsp3) is 0.568. The molecule has 11 nitrogen and oxygen atoms in total. The van der Waals surface area contributed by atoms with Crippen LogP contribution in [0.5, 0.6) is 5.75 Å². The standard InChI is InChI=1S/C37H54N4O7Si/c1-11-37(49(8,9)10)22-26(18-19-41(37)34(44)45)30-27(24-38(5)20-21-39(6)35(46)48-36(2,3)4)14-17-29-31(30)32(42)33(43)40(29)23-25-12-15-28(47-7)16-13-25/h12-17,26H,11,18-24H2,1-10H3,(H,44,45). The Hall–Kier alpha value is -3.90. The molecule has 268 valence electrons. The van der Waals surface area contributed by atoms with Crippen LogP contribution in [0, 0.1) is 0 Å². The van der Waals surface area contributed by atoms with Gasteiger partial charge < -0.3 is 34.2 Å². The summed E-state index contributed by atoms with van der Waals surface area (Å²) in [6, 6.07) is 11.3. The third-order valence-corrected chi connectivity index (χ3v) is 13.8. The molecule has 0 aliphatic carbocycles. The number of carbonyl (C=O) groups excluding carboxylic acids is 3. The first-order valence-electron chi connectivity index (χ1n) is 17.1. The molecule has 2 aromatic rings. The smallest absolute Gasteiger partial charge is 0.410 e. The van der Waals surface area contributed by atoms with E-state index in [-0.39, 0.29) is 12.5 Å². The average Bonchev–Trinajstić information content (AvgIpc) is 3.26. The molecule has 0 saturated carbocycles. The van der Waals surface area contributed by atoms with E-state index in [2.05, 4.69) is 31.5 Å². The quantitative estimate of drug-likeness (QED) is 0.206. The molecule has 12 heteroatoms. The van der Waals surface area contributed by atoms with E-state index in [9.17, 15) is 24.3 Å². The van der Waals surface area contributed by atoms with Gasteiger partial charge in [-0.2, -0.15) is 0 Å². The van der Waals surface area contributed by atoms with Gasteiger partial charge in [-0.25, -0.2) is 9.59 Å². The number of nitrogens with zero attached hydrogens (tertiary/aromatic N) is 4. The van der Waals surface area contributed by atoms with E-state index in [1.165, 1.54) is 0 Å². The number of carboxylic acid groups (broad SMARTS) is 1. The predicted molar refractivity (Wildman–Crippen MR) is 193 cm³/mol. The molecule has 1 saturated heterocycles. The van der Waals surface area contributed by atoms with Crippen LogP contribution in [0.15, 0.2) is 36.4 Å². The van der Waals surface area contributed by atoms with Gasteiger partial charge in [-0.05, 0) is 87.9 Å². The Morgan fingerprint density at radius 2 is 1.69 bits per heavy atom. The average molecular weight is 695 g/mol. The summed E-state index contributed by atoms with van der Waals surface area (Å²) in [5, 5.41) is 9.79. The lowest BCUT2D eigenvalue weighted by molar-refractivity contribution is -0.114. The summed E-state index contributed by atoms with van der Waals surface area (Å²) in [6.07, 6.45) is 0.496. The molecule has 2 aliphatic heterocycles. The van der Waals surface area contributed by atoms with Crippen LogP contribution in [0.3, 0.4) is 0 Å². The molecule has 2 aromatic carbocycles. The van der Waals surface area contributed by atoms with Crippen molar-refractivity contribution < 1.29 is 33.8 Å². The second-order valence-corrected chi connectivity index (χ2v) is 20.9. The SMILES string of the molecule is CCC1([Si](C)(C)C)CC(c2c(CN(C)CCN(C)C(=O)OC(C)(C)C)ccc3c2C(=O)C(=O)N3Cc2ccc(OC)cc2)CCN1C(=O)O. The number of amides is 3. The zero-order chi connectivity index (χ0) is 36.5. The highest BCUT2D eigenvalue weighted by Gasteiger charge is 2.53. The third kappa shape index (κ3) is 7.96. The maximum Gasteiger partial charge on any atom is 0.410 e. The lowest BCUT2D eigenvalue weighted by Crippen LogP contribution is -2.67. The monoisotopic (exact) mass is 694 g/mol. The number of ether oxygens (including phenoxy) is 2. The summed E-state index contributed by atoms with van der Waals surface area (Å²) in [4.78, 5) is 59.8. The molecule has 49 heavy (non-hydrogen) atoms. The number of likely N-dealkylation sites (N-methyl/N-ethyl adjacent to an activating group) is 2. The van der Waals surface area contributed by atoms with Crippen LogP contribution in [0.1, 0.15) is 79.9 Å². The van der Waals surface area contributed by atoms with Crippen molar-refractivity contribution >= 4 is 37.6 Å². The number of hydrogen-bond acceptors (Lipinski definition) is 7. The van der Waals surface area contributed by atoms with Gasteiger partial charge in [0.2, 0.25) is 0 Å². The fourth-order valence-corrected chi connectivity index (χ4v) is 10.4. The molecule has 2 heterocycles. The van der Waals surface area contributed by atoms with Gasteiger partial charge in [0, 0.05) is 38.4 Å². The number of ketones is 1. The zero-order valence-electron chi connectivity index (χ0n) is 30.9. The van der Waals surface area contributed by atoms with Crippen LogP contribution in [0.2, 0.25) is 19.6 Å². The van der Waals surface area contributed by atoms with Gasteiger partial charge in [-0.15, -0.1) is 0 Å². The van der Waals surface area contributed by atoms with Gasteiger partial charge in [0.05, 0.1) is 33.0 Å². The van der Waals surface area contributed by atoms with Gasteiger partial charge >= 0.3 is 12.2 Å². The van der Waals surface area contributed by atoms with Crippen LogP contribution in [0.25, 0.3) is 0 Å². The number of methoxy groups -OCH3 is 1. The van der Waals surface area contributed by atoms with Crippen molar-refractivity contribution in [2.24, 2.45) is 0 Å². The molecule has 0 bridgehead atoms. The number of benzene rings is 2. The Kier molecular flexibility index (Phi) is 11.2. The molecule has 2 atom stereocenters. The number of carbonyl (C=O) groups is 4. The summed E-state index contributed by atoms with van der Waals surface area (Å²) >= 11 is 0. The maximum atomic E-state index is 14.0. The second-order valence-electron chi connectivity index (χ2n) is 15.5. The van der Waals surface area contributed by atoms with Crippen molar-refractivity contribution in [1.82, 2.24) is 14.7 Å². The van der Waals surface area contributed by atoms with Crippen molar-refractivity contribution in [3.63, 3.8) is 0 Å². The lowest BCUT2D eigenvalue weighted by atomic mass is 9.79. The predicted octanol–water partition coefficient (Wildman–Crippen LogP) is 6.61. The van der Waals surface area contributed by atoms with E-state index < -0.39 is 42.7 Å². The molecule has 1 fully saturated rings. The molecule has 3 amide bonds. The second kappa shape index (κ2) is 14.5. The number of hydrogen-bond donors (Lipinski definition) is 1. The Balaban J connectivity index is 1.75. The summed E-state index contributed by atoms with van der Waals surface area (Å²) in [5.41, 5.74) is 3.08. The van der Waals surface area contributed by atoms with Gasteiger partial charge in [0.15, 0.2) is 0 Å². The van der Waals surface area contributed by atoms with Gasteiger partial charge in [-0.3, -0.25) is 9.59 Å². The van der Waals surface area contributed by atoms with Gasteiger partial charge in [0.25, 0.3) is 11.7 Å². The van der Waals surface area contributed by atoms with Crippen molar-refractivity contribution in [3.05, 3.63) is 58.7 Å². The Bertz CT molecular complexity index is 1570. The van der Waals surface area contributed by atoms with Crippen molar-refractivity contribution in [2.45, 2.75) is 96.4 Å². The molecule has 1 N–H and O–H groups in total. The normalized spacial score (nSPS) is 19.7. The van der Waals surface area contributed by atoms with E-state index >= 15 is 0 Å². The van der Waals surface area contributed by atoms with Gasteiger partial charge in [-0.1, -0.05) is 44.8 Å². The maximum absolute atomic E-state index is 14.0. The number of likely N-dealkylation sites (tertiary alicyclic amines) is 1. The topological polar surface area (TPSA) is 120 Å². The van der Waals surface area contributed by atoms with Crippen molar-refractivity contribution in [1.29, 1.82) is 0 Å². The van der Waals surface area contributed by atoms with Crippen molar-refractivity contribution in [3.8, 4) is 5.75 Å². The lowest BCUT2D eigenvalue weighted by Gasteiger charge is -2.55. The van der Waals surface area contributed by atoms with Crippen LogP contribution < -0.4 is 9.64 Å². The molecule has 2 unspecified atom stereocenters. The zero-order valence-corrected chi connectivity index (χ0v) is 31.9. The molecule has 2 aliphatic rings. The van der Waals surface area contributed by atoms with Crippen LogP contribution >= 0.6 is 0 Å². The van der Waals surface area contributed by atoms with E-state index in [4.69, 9.17) is 9.47 Å². The number of piperidine rings is 1. The number of fused-ring (bicyclic) bond motifs is 1. The largest absolute Gasteiger partial charge is 0.497 e. The van der Waals surface area contributed by atoms with Crippen LogP contribution in [0.4, 0.5) is 15.3 Å². The van der Waals surface area contributed by atoms with Crippen molar-refractivity contribution in [2.75, 3.05) is 45.7 Å². The third-order valence-electron chi connectivity index (χ3n) is 10.2.